The van der Waals surface area contributed by atoms with Crippen LogP contribution in [0.4, 0.5) is 0 Å². The molecule has 24 heavy (non-hydrogen) atoms. The Kier molecular flexibility index (Phi) is 4.94. The molecule has 1 aliphatic heterocycles. The molecule has 128 valence electrons. The van der Waals surface area contributed by atoms with Crippen LogP contribution < -0.4 is 5.32 Å². The van der Waals surface area contributed by atoms with Crippen LogP contribution in [0.1, 0.15) is 28.9 Å². The van der Waals surface area contributed by atoms with Crippen LogP contribution in [-0.4, -0.2) is 51.6 Å². The number of nitrogens with zero attached hydrogens (tertiary/aromatic N) is 4. The number of aromatic nitrogens is 3. The van der Waals surface area contributed by atoms with Crippen LogP contribution >= 0.6 is 11.3 Å². The maximum atomic E-state index is 12.6. The molecular weight excluding hydrogens is 326 g/mol. The molecule has 1 aliphatic rings. The van der Waals surface area contributed by atoms with Gasteiger partial charge in [0, 0.05) is 45.4 Å². The maximum absolute atomic E-state index is 12.6. The van der Waals surface area contributed by atoms with Crippen molar-refractivity contribution >= 4 is 23.2 Å². The van der Waals surface area contributed by atoms with Gasteiger partial charge in [0.15, 0.2) is 0 Å². The average molecular weight is 347 g/mol. The summed E-state index contributed by atoms with van der Waals surface area (Å²) in [5.41, 5.74) is 0.922. The molecule has 1 fully saturated rings. The van der Waals surface area contributed by atoms with E-state index in [0.29, 0.717) is 30.3 Å². The van der Waals surface area contributed by atoms with E-state index in [-0.39, 0.29) is 11.8 Å². The molecule has 0 saturated carbocycles. The van der Waals surface area contributed by atoms with Crippen molar-refractivity contribution < 1.29 is 9.59 Å². The predicted molar refractivity (Wildman–Crippen MR) is 91.6 cm³/mol. The van der Waals surface area contributed by atoms with Gasteiger partial charge in [-0.05, 0) is 18.8 Å². The van der Waals surface area contributed by atoms with E-state index in [2.05, 4.69) is 15.4 Å². The second-order valence-corrected chi connectivity index (χ2v) is 7.08. The van der Waals surface area contributed by atoms with Crippen LogP contribution in [0.5, 0.6) is 0 Å². The summed E-state index contributed by atoms with van der Waals surface area (Å²) in [5.74, 6) is 0.464. The fourth-order valence-corrected chi connectivity index (χ4v) is 3.76. The lowest BCUT2D eigenvalue weighted by molar-refractivity contribution is -0.121. The van der Waals surface area contributed by atoms with Gasteiger partial charge >= 0.3 is 0 Å². The Balaban J connectivity index is 1.60. The second kappa shape index (κ2) is 7.12. The Hall–Kier alpha value is -2.22. The number of likely N-dealkylation sites (tertiary alicyclic amines) is 1. The standard InChI is InChI=1S/C16H21N5O2S/c1-17-14(22)7-11-3-5-21(6-4-11)16(23)13-9-18-15(24-13)12-8-19-20(2)10-12/h8-11H,3-7H2,1-2H3,(H,17,22). The van der Waals surface area contributed by atoms with Crippen molar-refractivity contribution in [3.05, 3.63) is 23.5 Å². The molecule has 2 aromatic rings. The zero-order valence-electron chi connectivity index (χ0n) is 13.9. The molecule has 3 rings (SSSR count). The number of rotatable bonds is 4. The third-order valence-corrected chi connectivity index (χ3v) is 5.36. The second-order valence-electron chi connectivity index (χ2n) is 6.05. The summed E-state index contributed by atoms with van der Waals surface area (Å²) in [6.07, 6.45) is 7.56. The van der Waals surface area contributed by atoms with Gasteiger partial charge in [0.2, 0.25) is 5.91 Å². The monoisotopic (exact) mass is 347 g/mol. The fraction of sp³-hybridized carbons (Fsp3) is 0.500. The summed E-state index contributed by atoms with van der Waals surface area (Å²) < 4.78 is 1.72. The quantitative estimate of drug-likeness (QED) is 0.910. The minimum atomic E-state index is 0.0287. The molecule has 0 radical (unpaired) electrons. The largest absolute Gasteiger partial charge is 0.359 e. The van der Waals surface area contributed by atoms with Crippen molar-refractivity contribution in [2.45, 2.75) is 19.3 Å². The molecule has 0 aliphatic carbocycles. The number of carbonyl (C=O) groups is 2. The minimum Gasteiger partial charge on any atom is -0.359 e. The van der Waals surface area contributed by atoms with Crippen LogP contribution in [0, 0.1) is 5.92 Å². The van der Waals surface area contributed by atoms with E-state index in [0.717, 1.165) is 23.4 Å². The van der Waals surface area contributed by atoms with E-state index < -0.39 is 0 Å². The zero-order chi connectivity index (χ0) is 17.1. The summed E-state index contributed by atoms with van der Waals surface area (Å²) >= 11 is 1.40. The predicted octanol–water partition coefficient (Wildman–Crippen LogP) is 1.53. The Morgan fingerprint density at radius 2 is 2.08 bits per heavy atom. The van der Waals surface area contributed by atoms with Gasteiger partial charge in [0.1, 0.15) is 9.88 Å². The summed E-state index contributed by atoms with van der Waals surface area (Å²) in [7, 11) is 3.51. The summed E-state index contributed by atoms with van der Waals surface area (Å²) in [6.45, 7) is 1.39. The topological polar surface area (TPSA) is 80.1 Å². The first-order chi connectivity index (χ1) is 11.6. The lowest BCUT2D eigenvalue weighted by Gasteiger charge is -2.31. The normalized spacial score (nSPS) is 15.5. The maximum Gasteiger partial charge on any atom is 0.265 e. The first-order valence-electron chi connectivity index (χ1n) is 8.01. The van der Waals surface area contributed by atoms with Gasteiger partial charge in [-0.15, -0.1) is 11.3 Å². The van der Waals surface area contributed by atoms with Gasteiger partial charge in [-0.1, -0.05) is 0 Å². The highest BCUT2D eigenvalue weighted by Crippen LogP contribution is 2.27. The number of hydrogen-bond donors (Lipinski definition) is 1. The summed E-state index contributed by atoms with van der Waals surface area (Å²) in [5, 5.41) is 7.60. The first-order valence-corrected chi connectivity index (χ1v) is 8.83. The molecule has 0 bridgehead atoms. The van der Waals surface area contributed by atoms with Crippen LogP contribution in [0.2, 0.25) is 0 Å². The van der Waals surface area contributed by atoms with E-state index in [9.17, 15) is 9.59 Å². The summed E-state index contributed by atoms with van der Waals surface area (Å²) in [6, 6.07) is 0. The molecule has 2 amide bonds. The highest BCUT2D eigenvalue weighted by molar-refractivity contribution is 7.16. The average Bonchev–Trinajstić information content (AvgIpc) is 3.23. The number of carbonyl (C=O) groups excluding carboxylic acids is 2. The number of thiazole rings is 1. The van der Waals surface area contributed by atoms with Crippen LogP contribution in [0.25, 0.3) is 10.6 Å². The smallest absolute Gasteiger partial charge is 0.265 e. The lowest BCUT2D eigenvalue weighted by atomic mass is 9.93. The Morgan fingerprint density at radius 3 is 2.71 bits per heavy atom. The molecule has 1 N–H and O–H groups in total. The third kappa shape index (κ3) is 3.64. The van der Waals surface area contributed by atoms with Gasteiger partial charge in [-0.3, -0.25) is 14.3 Å². The van der Waals surface area contributed by atoms with E-state index in [4.69, 9.17) is 0 Å². The fourth-order valence-electron chi connectivity index (χ4n) is 2.90. The van der Waals surface area contributed by atoms with Crippen LogP contribution in [-0.2, 0) is 11.8 Å². The van der Waals surface area contributed by atoms with Crippen molar-refractivity contribution in [3.63, 3.8) is 0 Å². The zero-order valence-corrected chi connectivity index (χ0v) is 14.7. The van der Waals surface area contributed by atoms with E-state index >= 15 is 0 Å². The van der Waals surface area contributed by atoms with Crippen LogP contribution in [0.15, 0.2) is 18.6 Å². The van der Waals surface area contributed by atoms with E-state index in [1.54, 1.807) is 24.1 Å². The molecule has 7 nitrogen and oxygen atoms in total. The van der Waals surface area contributed by atoms with E-state index in [1.807, 2.05) is 18.1 Å². The molecule has 0 unspecified atom stereocenters. The number of aryl methyl sites for hydroxylation is 1. The molecule has 0 atom stereocenters. The Morgan fingerprint density at radius 1 is 1.33 bits per heavy atom. The molecule has 2 aromatic heterocycles. The van der Waals surface area contributed by atoms with Crippen molar-refractivity contribution in [2.75, 3.05) is 20.1 Å². The molecule has 0 aromatic carbocycles. The molecular formula is C16H21N5O2S. The Bertz CT molecular complexity index is 730. The Labute approximate surface area is 144 Å². The lowest BCUT2D eigenvalue weighted by Crippen LogP contribution is -2.39. The van der Waals surface area contributed by atoms with Crippen molar-refractivity contribution in [3.8, 4) is 10.6 Å². The summed E-state index contributed by atoms with van der Waals surface area (Å²) in [4.78, 5) is 30.9. The van der Waals surface area contributed by atoms with E-state index in [1.165, 1.54) is 11.3 Å². The van der Waals surface area contributed by atoms with Gasteiger partial charge in [0.25, 0.3) is 5.91 Å². The van der Waals surface area contributed by atoms with Gasteiger partial charge in [-0.2, -0.15) is 5.10 Å². The highest BCUT2D eigenvalue weighted by Gasteiger charge is 2.26. The van der Waals surface area contributed by atoms with Crippen molar-refractivity contribution in [1.82, 2.24) is 25.0 Å². The molecule has 1 saturated heterocycles. The first kappa shape index (κ1) is 16.6. The molecule has 8 heteroatoms. The molecule has 0 spiro atoms. The van der Waals surface area contributed by atoms with Crippen LogP contribution in [0.3, 0.4) is 0 Å². The molecule has 3 heterocycles. The minimum absolute atomic E-state index is 0.0287. The third-order valence-electron chi connectivity index (χ3n) is 4.32. The van der Waals surface area contributed by atoms with Crippen molar-refractivity contribution in [2.24, 2.45) is 13.0 Å². The number of nitrogens with one attached hydrogen (secondary N) is 1. The van der Waals surface area contributed by atoms with Gasteiger partial charge in [-0.25, -0.2) is 4.98 Å². The van der Waals surface area contributed by atoms with Crippen molar-refractivity contribution in [1.29, 1.82) is 0 Å². The SMILES string of the molecule is CNC(=O)CC1CCN(C(=O)c2cnc(-c3cnn(C)c3)s2)CC1. The highest BCUT2D eigenvalue weighted by atomic mass is 32.1. The number of amides is 2. The number of hydrogen-bond acceptors (Lipinski definition) is 5. The van der Waals surface area contributed by atoms with Gasteiger partial charge in [0.05, 0.1) is 12.4 Å². The number of piperidine rings is 1. The van der Waals surface area contributed by atoms with Gasteiger partial charge < -0.3 is 10.2 Å².